The number of nitrogens with one attached hydrogen (secondary N) is 1. The second-order valence-electron chi connectivity index (χ2n) is 4.56. The first kappa shape index (κ1) is 13.5. The molecule has 16 heavy (non-hydrogen) atoms. The van der Waals surface area contributed by atoms with Gasteiger partial charge in [-0.15, -0.1) is 0 Å². The molecule has 0 saturated heterocycles. The van der Waals surface area contributed by atoms with Crippen molar-refractivity contribution in [1.82, 2.24) is 10.2 Å². The average molecular weight is 241 g/mol. The van der Waals surface area contributed by atoms with Crippen molar-refractivity contribution in [1.29, 1.82) is 0 Å². The number of rotatable bonds is 5. The molecule has 0 aromatic heterocycles. The van der Waals surface area contributed by atoms with Gasteiger partial charge < -0.3 is 10.2 Å². The number of likely N-dealkylation sites (N-methyl/N-ethyl adjacent to an activating group) is 1. The van der Waals surface area contributed by atoms with Crippen molar-refractivity contribution in [3.63, 3.8) is 0 Å². The zero-order valence-corrected chi connectivity index (χ0v) is 11.3. The predicted octanol–water partition coefficient (Wildman–Crippen LogP) is 2.94. The molecule has 0 radical (unpaired) electrons. The van der Waals surface area contributed by atoms with Crippen molar-refractivity contribution in [3.8, 4) is 0 Å². The van der Waals surface area contributed by atoms with Crippen LogP contribution in [-0.4, -0.2) is 31.6 Å². The van der Waals surface area contributed by atoms with E-state index < -0.39 is 0 Å². The Morgan fingerprint density at radius 1 is 1.25 bits per heavy atom. The Morgan fingerprint density at radius 3 is 2.38 bits per heavy atom. The summed E-state index contributed by atoms with van der Waals surface area (Å²) in [6, 6.07) is 8.85. The molecule has 0 aliphatic heterocycles. The van der Waals surface area contributed by atoms with Crippen LogP contribution in [0.15, 0.2) is 24.3 Å². The summed E-state index contributed by atoms with van der Waals surface area (Å²) in [5, 5.41) is 4.29. The topological polar surface area (TPSA) is 15.3 Å². The largest absolute Gasteiger partial charge is 0.313 e. The Balaban J connectivity index is 2.82. The summed E-state index contributed by atoms with van der Waals surface area (Å²) in [5.74, 6) is 0. The van der Waals surface area contributed by atoms with Gasteiger partial charge in [0.15, 0.2) is 0 Å². The van der Waals surface area contributed by atoms with Gasteiger partial charge in [-0.1, -0.05) is 43.6 Å². The first-order valence-corrected chi connectivity index (χ1v) is 6.04. The van der Waals surface area contributed by atoms with Crippen LogP contribution in [0.25, 0.3) is 0 Å². The van der Waals surface area contributed by atoms with E-state index >= 15 is 0 Å². The van der Waals surface area contributed by atoms with Crippen LogP contribution in [0.1, 0.15) is 25.5 Å². The molecular formula is C13H21ClN2. The fourth-order valence-corrected chi connectivity index (χ4v) is 1.93. The summed E-state index contributed by atoms with van der Waals surface area (Å²) >= 11 is 6.22. The van der Waals surface area contributed by atoms with Crippen LogP contribution in [0, 0.1) is 0 Å². The predicted molar refractivity (Wildman–Crippen MR) is 71.0 cm³/mol. The van der Waals surface area contributed by atoms with E-state index in [0.29, 0.717) is 12.1 Å². The van der Waals surface area contributed by atoms with E-state index in [2.05, 4.69) is 44.2 Å². The van der Waals surface area contributed by atoms with Gasteiger partial charge in [0.1, 0.15) is 0 Å². The third-order valence-corrected chi connectivity index (χ3v) is 2.95. The van der Waals surface area contributed by atoms with Gasteiger partial charge in [0.25, 0.3) is 0 Å². The molecule has 0 fully saturated rings. The van der Waals surface area contributed by atoms with Gasteiger partial charge >= 0.3 is 0 Å². The smallest absolute Gasteiger partial charge is 0.0481 e. The lowest BCUT2D eigenvalue weighted by molar-refractivity contribution is 0.283. The first-order valence-electron chi connectivity index (χ1n) is 5.66. The molecule has 0 amide bonds. The van der Waals surface area contributed by atoms with Gasteiger partial charge in [-0.2, -0.15) is 0 Å². The fraction of sp³-hybridized carbons (Fsp3) is 0.538. The molecule has 0 aliphatic rings. The molecule has 0 bridgehead atoms. The molecule has 0 heterocycles. The highest BCUT2D eigenvalue weighted by Gasteiger charge is 2.16. The highest BCUT2D eigenvalue weighted by atomic mass is 35.5. The van der Waals surface area contributed by atoms with Crippen molar-refractivity contribution >= 4 is 11.6 Å². The lowest BCUT2D eigenvalue weighted by Gasteiger charge is -2.27. The molecule has 1 aromatic rings. The van der Waals surface area contributed by atoms with Crippen molar-refractivity contribution in [2.75, 3.05) is 20.6 Å². The third-order valence-electron chi connectivity index (χ3n) is 2.61. The van der Waals surface area contributed by atoms with Crippen molar-refractivity contribution in [3.05, 3.63) is 34.9 Å². The molecular weight excluding hydrogens is 220 g/mol. The Labute approximate surface area is 104 Å². The maximum atomic E-state index is 6.22. The third kappa shape index (κ3) is 3.78. The SMILES string of the molecule is CC(C)NCC(c1ccccc1Cl)N(C)C. The first-order chi connectivity index (χ1) is 7.52. The Morgan fingerprint density at radius 2 is 1.88 bits per heavy atom. The molecule has 0 saturated carbocycles. The summed E-state index contributed by atoms with van der Waals surface area (Å²) in [4.78, 5) is 2.19. The van der Waals surface area contributed by atoms with E-state index in [1.54, 1.807) is 0 Å². The van der Waals surface area contributed by atoms with E-state index in [-0.39, 0.29) is 0 Å². The summed E-state index contributed by atoms with van der Waals surface area (Å²) in [6.45, 7) is 5.22. The summed E-state index contributed by atoms with van der Waals surface area (Å²) in [6.07, 6.45) is 0. The zero-order chi connectivity index (χ0) is 12.1. The standard InChI is InChI=1S/C13H21ClN2/c1-10(2)15-9-13(16(3)4)11-7-5-6-8-12(11)14/h5-8,10,13,15H,9H2,1-4H3. The van der Waals surface area contributed by atoms with Crippen molar-refractivity contribution in [2.24, 2.45) is 0 Å². The molecule has 1 N–H and O–H groups in total. The Kier molecular flexibility index (Phi) is 5.26. The van der Waals surface area contributed by atoms with Gasteiger partial charge in [-0.25, -0.2) is 0 Å². The normalized spacial score (nSPS) is 13.4. The molecule has 1 aromatic carbocycles. The van der Waals surface area contributed by atoms with Gasteiger partial charge in [-0.05, 0) is 25.7 Å². The zero-order valence-electron chi connectivity index (χ0n) is 10.5. The van der Waals surface area contributed by atoms with Crippen LogP contribution in [0.4, 0.5) is 0 Å². The van der Waals surface area contributed by atoms with E-state index in [1.165, 1.54) is 5.56 Å². The lowest BCUT2D eigenvalue weighted by atomic mass is 10.1. The second-order valence-corrected chi connectivity index (χ2v) is 4.97. The molecule has 1 unspecified atom stereocenters. The van der Waals surface area contributed by atoms with E-state index in [0.717, 1.165) is 11.6 Å². The van der Waals surface area contributed by atoms with Crippen LogP contribution in [-0.2, 0) is 0 Å². The van der Waals surface area contributed by atoms with Crippen LogP contribution in [0.5, 0.6) is 0 Å². The van der Waals surface area contributed by atoms with Crippen LogP contribution < -0.4 is 5.32 Å². The van der Waals surface area contributed by atoms with Gasteiger partial charge in [0.05, 0.1) is 0 Å². The minimum atomic E-state index is 0.316. The quantitative estimate of drug-likeness (QED) is 0.852. The van der Waals surface area contributed by atoms with Gasteiger partial charge in [0.2, 0.25) is 0 Å². The Bertz CT molecular complexity index is 323. The highest BCUT2D eigenvalue weighted by Crippen LogP contribution is 2.25. The number of nitrogens with zero attached hydrogens (tertiary/aromatic N) is 1. The minimum Gasteiger partial charge on any atom is -0.313 e. The molecule has 0 spiro atoms. The number of benzene rings is 1. The fourth-order valence-electron chi connectivity index (χ4n) is 1.66. The van der Waals surface area contributed by atoms with Gasteiger partial charge in [-0.3, -0.25) is 0 Å². The number of halogens is 1. The highest BCUT2D eigenvalue weighted by molar-refractivity contribution is 6.31. The number of hydrogen-bond acceptors (Lipinski definition) is 2. The van der Waals surface area contributed by atoms with Gasteiger partial charge in [0, 0.05) is 23.7 Å². The Hall–Kier alpha value is -0.570. The maximum Gasteiger partial charge on any atom is 0.0481 e. The molecule has 1 rings (SSSR count). The summed E-state index contributed by atoms with van der Waals surface area (Å²) in [7, 11) is 4.16. The van der Waals surface area contributed by atoms with E-state index in [9.17, 15) is 0 Å². The molecule has 2 nitrogen and oxygen atoms in total. The maximum absolute atomic E-state index is 6.22. The van der Waals surface area contributed by atoms with Crippen LogP contribution >= 0.6 is 11.6 Å². The molecule has 1 atom stereocenters. The second kappa shape index (κ2) is 6.24. The summed E-state index contributed by atoms with van der Waals surface area (Å²) in [5.41, 5.74) is 1.18. The molecule has 0 aliphatic carbocycles. The van der Waals surface area contributed by atoms with E-state index in [4.69, 9.17) is 11.6 Å². The monoisotopic (exact) mass is 240 g/mol. The van der Waals surface area contributed by atoms with E-state index in [1.807, 2.05) is 18.2 Å². The molecule has 90 valence electrons. The van der Waals surface area contributed by atoms with Crippen LogP contribution in [0.2, 0.25) is 5.02 Å². The molecule has 3 heteroatoms. The average Bonchev–Trinajstić information content (AvgIpc) is 2.20. The van der Waals surface area contributed by atoms with Crippen molar-refractivity contribution < 1.29 is 0 Å². The lowest BCUT2D eigenvalue weighted by Crippen LogP contribution is -2.34. The van der Waals surface area contributed by atoms with Crippen LogP contribution in [0.3, 0.4) is 0 Å². The number of hydrogen-bond donors (Lipinski definition) is 1. The van der Waals surface area contributed by atoms with Crippen molar-refractivity contribution in [2.45, 2.75) is 25.9 Å². The minimum absolute atomic E-state index is 0.316. The summed E-state index contributed by atoms with van der Waals surface area (Å²) < 4.78 is 0.